The van der Waals surface area contributed by atoms with Crippen LogP contribution in [0.1, 0.15) is 75.2 Å². The minimum absolute atomic E-state index is 0.415. The van der Waals surface area contributed by atoms with E-state index >= 15 is 0 Å². The van der Waals surface area contributed by atoms with E-state index in [1.54, 1.807) is 0 Å². The van der Waals surface area contributed by atoms with Gasteiger partial charge in [0.2, 0.25) is 5.91 Å². The van der Waals surface area contributed by atoms with Crippen LogP contribution in [-0.4, -0.2) is 33.4 Å². The van der Waals surface area contributed by atoms with Crippen LogP contribution in [0.2, 0.25) is 0 Å². The van der Waals surface area contributed by atoms with E-state index in [2.05, 4.69) is 21.4 Å². The highest BCUT2D eigenvalue weighted by molar-refractivity contribution is 5.76. The molecule has 1 aliphatic heterocycles. The number of carbonyl (C=O) groups is 1. The fourth-order valence-corrected chi connectivity index (χ4v) is 4.60. The number of nitrogens with zero attached hydrogens (tertiary/aromatic N) is 3. The lowest BCUT2D eigenvalue weighted by molar-refractivity contribution is -0.133. The largest absolute Gasteiger partial charge is 0.343 e. The Morgan fingerprint density at radius 2 is 1.79 bits per heavy atom. The number of aromatic nitrogens is 2. The third-order valence-electron chi connectivity index (χ3n) is 6.37. The third-order valence-corrected chi connectivity index (χ3v) is 6.37. The second-order valence-corrected chi connectivity index (χ2v) is 8.32. The molecule has 0 radical (unpaired) electrons. The number of rotatable bonds is 5. The van der Waals surface area contributed by atoms with Crippen LogP contribution in [0, 0.1) is 18.8 Å². The molecule has 0 atom stereocenters. The van der Waals surface area contributed by atoms with E-state index in [9.17, 15) is 4.79 Å². The highest BCUT2D eigenvalue weighted by Gasteiger charge is 2.31. The highest BCUT2D eigenvalue weighted by Crippen LogP contribution is 2.40. The molecule has 1 amide bonds. The Labute approximate surface area is 145 Å². The Morgan fingerprint density at radius 3 is 2.46 bits per heavy atom. The summed E-state index contributed by atoms with van der Waals surface area (Å²) in [4.78, 5) is 19.3. The van der Waals surface area contributed by atoms with Gasteiger partial charge in [0.05, 0.1) is 0 Å². The Kier molecular flexibility index (Phi) is 4.64. The Morgan fingerprint density at radius 1 is 1.08 bits per heavy atom. The van der Waals surface area contributed by atoms with Gasteiger partial charge in [0.1, 0.15) is 5.82 Å². The minimum Gasteiger partial charge on any atom is -0.343 e. The molecule has 2 aliphatic carbocycles. The SMILES string of the molecule is Cc1cnc(C2CC2)n1CC1CCN(C(=O)CC2CCCC2)CC1. The summed E-state index contributed by atoms with van der Waals surface area (Å²) in [5.41, 5.74) is 1.30. The number of likely N-dealkylation sites (tertiary alicyclic amines) is 1. The van der Waals surface area contributed by atoms with Crippen LogP contribution >= 0.6 is 0 Å². The first-order valence-electron chi connectivity index (χ1n) is 10.0. The maximum atomic E-state index is 12.5. The average Bonchev–Trinajstić information content (AvgIpc) is 3.19. The van der Waals surface area contributed by atoms with Crippen molar-refractivity contribution in [2.75, 3.05) is 13.1 Å². The van der Waals surface area contributed by atoms with E-state index in [-0.39, 0.29) is 0 Å². The van der Waals surface area contributed by atoms with Crippen LogP contribution in [0.3, 0.4) is 0 Å². The van der Waals surface area contributed by atoms with Crippen molar-refractivity contribution in [1.82, 2.24) is 14.5 Å². The first-order chi connectivity index (χ1) is 11.7. The number of aryl methyl sites for hydroxylation is 1. The standard InChI is InChI=1S/C20H31N3O/c1-15-13-21-20(18-6-7-18)23(15)14-17-8-10-22(11-9-17)19(24)12-16-4-2-3-5-16/h13,16-18H,2-12,14H2,1H3. The first-order valence-corrected chi connectivity index (χ1v) is 10.0. The molecule has 1 aromatic heterocycles. The molecular weight excluding hydrogens is 298 g/mol. The average molecular weight is 329 g/mol. The van der Waals surface area contributed by atoms with E-state index in [1.165, 1.54) is 50.0 Å². The van der Waals surface area contributed by atoms with Gasteiger partial charge < -0.3 is 9.47 Å². The van der Waals surface area contributed by atoms with E-state index in [1.807, 2.05) is 6.20 Å². The van der Waals surface area contributed by atoms with Gasteiger partial charge in [-0.1, -0.05) is 12.8 Å². The topological polar surface area (TPSA) is 38.1 Å². The fraction of sp³-hybridized carbons (Fsp3) is 0.800. The van der Waals surface area contributed by atoms with Gasteiger partial charge >= 0.3 is 0 Å². The summed E-state index contributed by atoms with van der Waals surface area (Å²) in [7, 11) is 0. The molecule has 3 fully saturated rings. The zero-order valence-electron chi connectivity index (χ0n) is 15.0. The van der Waals surface area contributed by atoms with Crippen LogP contribution in [-0.2, 0) is 11.3 Å². The maximum Gasteiger partial charge on any atom is 0.222 e. The van der Waals surface area contributed by atoms with Crippen LogP contribution in [0.25, 0.3) is 0 Å². The van der Waals surface area contributed by atoms with Gasteiger partial charge in [0, 0.05) is 43.9 Å². The second kappa shape index (κ2) is 6.89. The molecule has 1 saturated heterocycles. The van der Waals surface area contributed by atoms with E-state index in [4.69, 9.17) is 0 Å². The molecule has 132 valence electrons. The Bertz CT molecular complexity index is 576. The summed E-state index contributed by atoms with van der Waals surface area (Å²) in [6.45, 7) is 5.20. The summed E-state index contributed by atoms with van der Waals surface area (Å²) < 4.78 is 2.46. The lowest BCUT2D eigenvalue weighted by atomic mass is 9.95. The van der Waals surface area contributed by atoms with E-state index in [0.717, 1.165) is 38.9 Å². The Hall–Kier alpha value is -1.32. The molecular formula is C20H31N3O. The molecule has 0 N–H and O–H groups in total. The van der Waals surface area contributed by atoms with Crippen molar-refractivity contribution in [1.29, 1.82) is 0 Å². The number of amides is 1. The van der Waals surface area contributed by atoms with Crippen molar-refractivity contribution >= 4 is 5.91 Å². The van der Waals surface area contributed by atoms with Crippen LogP contribution < -0.4 is 0 Å². The molecule has 4 nitrogen and oxygen atoms in total. The summed E-state index contributed by atoms with van der Waals surface area (Å²) >= 11 is 0. The molecule has 4 rings (SSSR count). The lowest BCUT2D eigenvalue weighted by Gasteiger charge is -2.33. The number of hydrogen-bond donors (Lipinski definition) is 0. The quantitative estimate of drug-likeness (QED) is 0.822. The molecule has 0 unspecified atom stereocenters. The van der Waals surface area contributed by atoms with Crippen molar-refractivity contribution in [2.24, 2.45) is 11.8 Å². The summed E-state index contributed by atoms with van der Waals surface area (Å²) in [5.74, 6) is 3.81. The van der Waals surface area contributed by atoms with E-state index < -0.39 is 0 Å². The molecule has 1 aromatic rings. The summed E-state index contributed by atoms with van der Waals surface area (Å²) in [6, 6.07) is 0. The van der Waals surface area contributed by atoms with Gasteiger partial charge in [-0.3, -0.25) is 4.79 Å². The highest BCUT2D eigenvalue weighted by atomic mass is 16.2. The van der Waals surface area contributed by atoms with Crippen molar-refractivity contribution in [2.45, 2.75) is 77.2 Å². The second-order valence-electron chi connectivity index (χ2n) is 8.32. The monoisotopic (exact) mass is 329 g/mol. The molecule has 2 saturated carbocycles. The van der Waals surface area contributed by atoms with Crippen LogP contribution in [0.15, 0.2) is 6.20 Å². The summed E-state index contributed by atoms with van der Waals surface area (Å²) in [6.07, 6.45) is 13.0. The van der Waals surface area contributed by atoms with Crippen LogP contribution in [0.5, 0.6) is 0 Å². The van der Waals surface area contributed by atoms with E-state index in [0.29, 0.717) is 23.7 Å². The summed E-state index contributed by atoms with van der Waals surface area (Å²) in [5, 5.41) is 0. The minimum atomic E-state index is 0.415. The van der Waals surface area contributed by atoms with Gasteiger partial charge in [-0.05, 0) is 57.3 Å². The van der Waals surface area contributed by atoms with Gasteiger partial charge in [-0.25, -0.2) is 4.98 Å². The predicted octanol–water partition coefficient (Wildman–Crippen LogP) is 3.89. The zero-order chi connectivity index (χ0) is 16.5. The molecule has 3 aliphatic rings. The van der Waals surface area contributed by atoms with Gasteiger partial charge in [-0.2, -0.15) is 0 Å². The number of imidazole rings is 1. The molecule has 0 bridgehead atoms. The number of piperidine rings is 1. The van der Waals surface area contributed by atoms with Crippen molar-refractivity contribution in [3.8, 4) is 0 Å². The third kappa shape index (κ3) is 3.52. The normalized spacial score (nSPS) is 23.1. The van der Waals surface area contributed by atoms with Gasteiger partial charge in [0.15, 0.2) is 0 Å². The molecule has 0 aromatic carbocycles. The fourth-order valence-electron chi connectivity index (χ4n) is 4.60. The van der Waals surface area contributed by atoms with Crippen molar-refractivity contribution in [3.05, 3.63) is 17.7 Å². The maximum absolute atomic E-state index is 12.5. The molecule has 4 heteroatoms. The zero-order valence-corrected chi connectivity index (χ0v) is 15.0. The number of carbonyl (C=O) groups excluding carboxylic acids is 1. The van der Waals surface area contributed by atoms with Crippen LogP contribution in [0.4, 0.5) is 0 Å². The molecule has 24 heavy (non-hydrogen) atoms. The molecule has 0 spiro atoms. The lowest BCUT2D eigenvalue weighted by Crippen LogP contribution is -2.40. The van der Waals surface area contributed by atoms with Crippen molar-refractivity contribution < 1.29 is 4.79 Å². The first kappa shape index (κ1) is 16.2. The predicted molar refractivity (Wildman–Crippen MR) is 94.8 cm³/mol. The Balaban J connectivity index is 1.28. The van der Waals surface area contributed by atoms with Gasteiger partial charge in [-0.15, -0.1) is 0 Å². The number of hydrogen-bond acceptors (Lipinski definition) is 2. The molecule has 2 heterocycles. The smallest absolute Gasteiger partial charge is 0.222 e. The van der Waals surface area contributed by atoms with Crippen molar-refractivity contribution in [3.63, 3.8) is 0 Å². The van der Waals surface area contributed by atoms with Gasteiger partial charge in [0.25, 0.3) is 0 Å².